The van der Waals surface area contributed by atoms with E-state index in [2.05, 4.69) is 5.32 Å². The maximum atomic E-state index is 11.6. The second kappa shape index (κ2) is 7.48. The molecule has 1 heterocycles. The second-order valence-electron chi connectivity index (χ2n) is 3.68. The number of ether oxygens (including phenoxy) is 1. The van der Waals surface area contributed by atoms with Gasteiger partial charge in [0.15, 0.2) is 0 Å². The topological polar surface area (TPSA) is 67.6 Å². The first-order valence-corrected chi connectivity index (χ1v) is 5.65. The first-order chi connectivity index (χ1) is 7.34. The molecule has 5 nitrogen and oxygen atoms in total. The summed E-state index contributed by atoms with van der Waals surface area (Å²) in [6.07, 6.45) is 3.13. The van der Waals surface area contributed by atoms with Gasteiger partial charge in [0.25, 0.3) is 0 Å². The average molecular weight is 215 g/mol. The van der Waals surface area contributed by atoms with Crippen molar-refractivity contribution in [2.75, 3.05) is 39.4 Å². The average Bonchev–Trinajstić information content (AvgIpc) is 2.30. The lowest BCUT2D eigenvalue weighted by Gasteiger charge is -2.26. The summed E-state index contributed by atoms with van der Waals surface area (Å²) in [6.45, 7) is 4.19. The Balaban J connectivity index is 2.02. The highest BCUT2D eigenvalue weighted by Gasteiger charge is 2.15. The van der Waals surface area contributed by atoms with Gasteiger partial charge in [0.1, 0.15) is 0 Å². The highest BCUT2D eigenvalue weighted by molar-refractivity contribution is 5.74. The Morgan fingerprint density at radius 3 is 2.67 bits per heavy atom. The summed E-state index contributed by atoms with van der Waals surface area (Å²) in [4.78, 5) is 13.4. The standard InChI is InChI=1S/C10H21N3O2/c11-4-2-1-3-5-12-10(14)13-6-8-15-9-7-13/h1-9,11H2,(H,12,14). The summed E-state index contributed by atoms with van der Waals surface area (Å²) < 4.78 is 5.17. The minimum absolute atomic E-state index is 0.0334. The SMILES string of the molecule is NCCCCCNC(=O)N1CCOCC1. The van der Waals surface area contributed by atoms with Gasteiger partial charge in [0, 0.05) is 19.6 Å². The van der Waals surface area contributed by atoms with Gasteiger partial charge in [-0.05, 0) is 19.4 Å². The molecule has 5 heteroatoms. The molecule has 0 saturated carbocycles. The molecule has 1 aliphatic rings. The number of amides is 2. The summed E-state index contributed by atoms with van der Waals surface area (Å²) in [7, 11) is 0. The van der Waals surface area contributed by atoms with E-state index in [9.17, 15) is 4.79 Å². The van der Waals surface area contributed by atoms with Crippen LogP contribution in [0.2, 0.25) is 0 Å². The predicted molar refractivity (Wildman–Crippen MR) is 58.7 cm³/mol. The summed E-state index contributed by atoms with van der Waals surface area (Å²) in [5.74, 6) is 0. The molecule has 0 spiro atoms. The molecule has 15 heavy (non-hydrogen) atoms. The lowest BCUT2D eigenvalue weighted by Crippen LogP contribution is -2.46. The first-order valence-electron chi connectivity index (χ1n) is 5.65. The van der Waals surface area contributed by atoms with E-state index in [0.29, 0.717) is 26.3 Å². The van der Waals surface area contributed by atoms with Gasteiger partial charge in [-0.2, -0.15) is 0 Å². The molecule has 0 aromatic heterocycles. The number of nitrogens with one attached hydrogen (secondary N) is 1. The summed E-state index contributed by atoms with van der Waals surface area (Å²) in [5.41, 5.74) is 5.38. The Morgan fingerprint density at radius 2 is 2.00 bits per heavy atom. The van der Waals surface area contributed by atoms with Gasteiger partial charge in [0.05, 0.1) is 13.2 Å². The van der Waals surface area contributed by atoms with E-state index < -0.39 is 0 Å². The molecule has 3 N–H and O–H groups in total. The van der Waals surface area contributed by atoms with Gasteiger partial charge in [-0.25, -0.2) is 4.79 Å². The van der Waals surface area contributed by atoms with Crippen LogP contribution in [0.3, 0.4) is 0 Å². The van der Waals surface area contributed by atoms with Crippen LogP contribution in [0.4, 0.5) is 4.79 Å². The molecule has 0 bridgehead atoms. The molecule has 0 unspecified atom stereocenters. The number of hydrogen-bond acceptors (Lipinski definition) is 3. The van der Waals surface area contributed by atoms with Crippen molar-refractivity contribution < 1.29 is 9.53 Å². The van der Waals surface area contributed by atoms with E-state index in [1.165, 1.54) is 0 Å². The highest BCUT2D eigenvalue weighted by Crippen LogP contribution is 1.97. The lowest BCUT2D eigenvalue weighted by molar-refractivity contribution is 0.0532. The van der Waals surface area contributed by atoms with Gasteiger partial charge in [0.2, 0.25) is 0 Å². The molecular formula is C10H21N3O2. The van der Waals surface area contributed by atoms with Crippen molar-refractivity contribution >= 4 is 6.03 Å². The van der Waals surface area contributed by atoms with Crippen molar-refractivity contribution in [1.29, 1.82) is 0 Å². The molecule has 1 saturated heterocycles. The summed E-state index contributed by atoms with van der Waals surface area (Å²) >= 11 is 0. The molecule has 1 aliphatic heterocycles. The zero-order chi connectivity index (χ0) is 10.9. The fourth-order valence-corrected chi connectivity index (χ4v) is 1.52. The number of rotatable bonds is 5. The third kappa shape index (κ3) is 4.99. The Hall–Kier alpha value is -0.810. The Bertz CT molecular complexity index is 182. The smallest absolute Gasteiger partial charge is 0.317 e. The van der Waals surface area contributed by atoms with E-state index in [4.69, 9.17) is 10.5 Å². The highest BCUT2D eigenvalue weighted by atomic mass is 16.5. The fourth-order valence-electron chi connectivity index (χ4n) is 1.52. The van der Waals surface area contributed by atoms with Gasteiger partial charge in [-0.15, -0.1) is 0 Å². The Kier molecular flexibility index (Phi) is 6.11. The molecule has 0 aromatic carbocycles. The van der Waals surface area contributed by atoms with Crippen LogP contribution in [0.25, 0.3) is 0 Å². The molecular weight excluding hydrogens is 194 g/mol. The van der Waals surface area contributed by atoms with Crippen molar-refractivity contribution in [2.45, 2.75) is 19.3 Å². The van der Waals surface area contributed by atoms with Gasteiger partial charge >= 0.3 is 6.03 Å². The lowest BCUT2D eigenvalue weighted by atomic mass is 10.2. The Labute approximate surface area is 90.9 Å². The molecule has 0 atom stereocenters. The largest absolute Gasteiger partial charge is 0.378 e. The monoisotopic (exact) mass is 215 g/mol. The van der Waals surface area contributed by atoms with Crippen molar-refractivity contribution in [3.8, 4) is 0 Å². The van der Waals surface area contributed by atoms with E-state index in [1.807, 2.05) is 0 Å². The summed E-state index contributed by atoms with van der Waals surface area (Å²) in [6, 6.07) is 0.0334. The zero-order valence-corrected chi connectivity index (χ0v) is 9.21. The minimum Gasteiger partial charge on any atom is -0.378 e. The van der Waals surface area contributed by atoms with Gasteiger partial charge < -0.3 is 20.7 Å². The van der Waals surface area contributed by atoms with Crippen LogP contribution in [-0.2, 0) is 4.74 Å². The van der Waals surface area contributed by atoms with E-state index in [-0.39, 0.29) is 6.03 Å². The first kappa shape index (κ1) is 12.3. The minimum atomic E-state index is 0.0334. The molecule has 0 radical (unpaired) electrons. The maximum absolute atomic E-state index is 11.6. The van der Waals surface area contributed by atoms with Crippen LogP contribution in [-0.4, -0.2) is 50.3 Å². The number of unbranched alkanes of at least 4 members (excludes halogenated alkanes) is 2. The van der Waals surface area contributed by atoms with Crippen LogP contribution in [0.5, 0.6) is 0 Å². The van der Waals surface area contributed by atoms with Crippen LogP contribution in [0, 0.1) is 0 Å². The normalized spacial score (nSPS) is 16.5. The zero-order valence-electron chi connectivity index (χ0n) is 9.21. The van der Waals surface area contributed by atoms with Crippen molar-refractivity contribution in [2.24, 2.45) is 5.73 Å². The van der Waals surface area contributed by atoms with Crippen LogP contribution in [0.15, 0.2) is 0 Å². The van der Waals surface area contributed by atoms with Gasteiger partial charge in [-0.1, -0.05) is 6.42 Å². The van der Waals surface area contributed by atoms with E-state index in [0.717, 1.165) is 32.4 Å². The number of carbonyl (C=O) groups is 1. The molecule has 1 fully saturated rings. The fraction of sp³-hybridized carbons (Fsp3) is 0.900. The maximum Gasteiger partial charge on any atom is 0.317 e. The molecule has 2 amide bonds. The van der Waals surface area contributed by atoms with Crippen LogP contribution < -0.4 is 11.1 Å². The Morgan fingerprint density at radius 1 is 1.27 bits per heavy atom. The number of nitrogens with two attached hydrogens (primary N) is 1. The number of carbonyl (C=O) groups excluding carboxylic acids is 1. The van der Waals surface area contributed by atoms with Crippen LogP contribution >= 0.6 is 0 Å². The van der Waals surface area contributed by atoms with Crippen molar-refractivity contribution in [3.63, 3.8) is 0 Å². The number of morpholine rings is 1. The van der Waals surface area contributed by atoms with Crippen molar-refractivity contribution in [3.05, 3.63) is 0 Å². The summed E-state index contributed by atoms with van der Waals surface area (Å²) in [5, 5.41) is 2.90. The van der Waals surface area contributed by atoms with Crippen molar-refractivity contribution in [1.82, 2.24) is 10.2 Å². The van der Waals surface area contributed by atoms with Gasteiger partial charge in [-0.3, -0.25) is 0 Å². The quantitative estimate of drug-likeness (QED) is 0.642. The third-order valence-corrected chi connectivity index (χ3v) is 2.46. The second-order valence-corrected chi connectivity index (χ2v) is 3.68. The molecule has 0 aliphatic carbocycles. The molecule has 0 aromatic rings. The van der Waals surface area contributed by atoms with E-state index >= 15 is 0 Å². The number of hydrogen-bond donors (Lipinski definition) is 2. The molecule has 1 rings (SSSR count). The number of urea groups is 1. The predicted octanol–water partition coefficient (Wildman–Crippen LogP) is 0.157. The third-order valence-electron chi connectivity index (χ3n) is 2.46. The molecule has 88 valence electrons. The van der Waals surface area contributed by atoms with Crippen LogP contribution in [0.1, 0.15) is 19.3 Å². The van der Waals surface area contributed by atoms with E-state index in [1.54, 1.807) is 4.90 Å². The number of nitrogens with zero attached hydrogens (tertiary/aromatic N) is 1.